The van der Waals surface area contributed by atoms with Crippen LogP contribution in [0.15, 0.2) is 48.5 Å². The fraction of sp³-hybridized carbons (Fsp3) is 0.350. The van der Waals surface area contributed by atoms with Gasteiger partial charge in [0.05, 0.1) is 11.7 Å². The SMILES string of the molecule is Cc1ccccc1[C@@H]1Nc2ccccc2C(=O)N1C[C@H]1CCCO1. The van der Waals surface area contributed by atoms with Crippen molar-refractivity contribution in [3.05, 3.63) is 65.2 Å². The number of amides is 1. The number of fused-ring (bicyclic) bond motifs is 1. The zero-order valence-corrected chi connectivity index (χ0v) is 13.9. The highest BCUT2D eigenvalue weighted by Gasteiger charge is 2.35. The van der Waals surface area contributed by atoms with E-state index >= 15 is 0 Å². The summed E-state index contributed by atoms with van der Waals surface area (Å²) in [6, 6.07) is 16.0. The van der Waals surface area contributed by atoms with Crippen molar-refractivity contribution in [2.45, 2.75) is 32.0 Å². The largest absolute Gasteiger partial charge is 0.376 e. The van der Waals surface area contributed by atoms with Crippen LogP contribution in [0, 0.1) is 6.92 Å². The number of hydrogen-bond acceptors (Lipinski definition) is 3. The second-order valence-electron chi connectivity index (χ2n) is 6.54. The van der Waals surface area contributed by atoms with Gasteiger partial charge in [-0.15, -0.1) is 0 Å². The molecule has 0 bridgehead atoms. The van der Waals surface area contributed by atoms with Gasteiger partial charge in [-0.2, -0.15) is 0 Å². The Morgan fingerprint density at radius 1 is 1.17 bits per heavy atom. The van der Waals surface area contributed by atoms with Gasteiger partial charge in [-0.3, -0.25) is 4.79 Å². The van der Waals surface area contributed by atoms with Crippen LogP contribution in [0.5, 0.6) is 0 Å². The number of ether oxygens (including phenoxy) is 1. The molecule has 0 aliphatic carbocycles. The predicted octanol–water partition coefficient (Wildman–Crippen LogP) is 3.74. The lowest BCUT2D eigenvalue weighted by Crippen LogP contribution is -2.46. The van der Waals surface area contributed by atoms with E-state index in [9.17, 15) is 4.79 Å². The highest BCUT2D eigenvalue weighted by atomic mass is 16.5. The Kier molecular flexibility index (Phi) is 3.98. The van der Waals surface area contributed by atoms with Gasteiger partial charge in [0.25, 0.3) is 5.91 Å². The molecule has 0 spiro atoms. The molecule has 2 aliphatic heterocycles. The van der Waals surface area contributed by atoms with E-state index in [4.69, 9.17) is 4.74 Å². The predicted molar refractivity (Wildman–Crippen MR) is 94.0 cm³/mol. The molecule has 4 heteroatoms. The van der Waals surface area contributed by atoms with E-state index in [1.165, 1.54) is 5.56 Å². The first kappa shape index (κ1) is 15.2. The van der Waals surface area contributed by atoms with Crippen LogP contribution >= 0.6 is 0 Å². The van der Waals surface area contributed by atoms with E-state index in [1.807, 2.05) is 41.3 Å². The van der Waals surface area contributed by atoms with Gasteiger partial charge < -0.3 is 15.0 Å². The first-order chi connectivity index (χ1) is 11.7. The maximum atomic E-state index is 13.1. The van der Waals surface area contributed by atoms with Crippen molar-refractivity contribution < 1.29 is 9.53 Å². The lowest BCUT2D eigenvalue weighted by atomic mass is 9.99. The standard InChI is InChI=1S/C20H22N2O2/c1-14-7-2-3-9-16(14)19-21-18-11-5-4-10-17(18)20(23)22(19)13-15-8-6-12-24-15/h2-5,7,9-11,15,19,21H,6,8,12-13H2,1H3/t15-,19-/m1/s1. The first-order valence-corrected chi connectivity index (χ1v) is 8.58. The molecule has 1 fully saturated rings. The second-order valence-corrected chi connectivity index (χ2v) is 6.54. The van der Waals surface area contributed by atoms with Crippen LogP contribution in [-0.2, 0) is 4.74 Å². The van der Waals surface area contributed by atoms with E-state index in [1.54, 1.807) is 0 Å². The van der Waals surface area contributed by atoms with E-state index < -0.39 is 0 Å². The maximum Gasteiger partial charge on any atom is 0.257 e. The minimum Gasteiger partial charge on any atom is -0.376 e. The molecule has 124 valence electrons. The number of rotatable bonds is 3. The summed E-state index contributed by atoms with van der Waals surface area (Å²) < 4.78 is 5.78. The number of benzene rings is 2. The summed E-state index contributed by atoms with van der Waals surface area (Å²) in [5.74, 6) is 0.0769. The van der Waals surface area contributed by atoms with E-state index in [0.29, 0.717) is 6.54 Å². The highest BCUT2D eigenvalue weighted by molar-refractivity contribution is 6.01. The van der Waals surface area contributed by atoms with Gasteiger partial charge in [0.2, 0.25) is 0 Å². The quantitative estimate of drug-likeness (QED) is 0.936. The molecule has 24 heavy (non-hydrogen) atoms. The van der Waals surface area contributed by atoms with Crippen LogP contribution in [0.25, 0.3) is 0 Å². The van der Waals surface area contributed by atoms with Crippen molar-refractivity contribution in [2.75, 3.05) is 18.5 Å². The summed E-state index contributed by atoms with van der Waals surface area (Å²) in [6.07, 6.45) is 2.07. The van der Waals surface area contributed by atoms with Gasteiger partial charge in [0, 0.05) is 18.8 Å². The average molecular weight is 322 g/mol. The topological polar surface area (TPSA) is 41.6 Å². The van der Waals surface area contributed by atoms with Crippen molar-refractivity contribution in [1.29, 1.82) is 0 Å². The molecule has 0 aromatic heterocycles. The van der Waals surface area contributed by atoms with Gasteiger partial charge in [-0.1, -0.05) is 36.4 Å². The van der Waals surface area contributed by atoms with Gasteiger partial charge in [0.15, 0.2) is 0 Å². The van der Waals surface area contributed by atoms with Crippen LogP contribution in [-0.4, -0.2) is 30.1 Å². The van der Waals surface area contributed by atoms with Crippen molar-refractivity contribution in [1.82, 2.24) is 4.90 Å². The van der Waals surface area contributed by atoms with Crippen LogP contribution in [0.4, 0.5) is 5.69 Å². The monoisotopic (exact) mass is 322 g/mol. The zero-order chi connectivity index (χ0) is 16.5. The maximum absolute atomic E-state index is 13.1. The molecule has 0 unspecified atom stereocenters. The van der Waals surface area contributed by atoms with Crippen molar-refractivity contribution in [3.8, 4) is 0 Å². The summed E-state index contributed by atoms with van der Waals surface area (Å²) in [4.78, 5) is 15.1. The van der Waals surface area contributed by atoms with Crippen molar-refractivity contribution >= 4 is 11.6 Å². The third-order valence-electron chi connectivity index (χ3n) is 4.93. The molecular formula is C20H22N2O2. The number of nitrogens with one attached hydrogen (secondary N) is 1. The molecule has 2 aliphatic rings. The van der Waals surface area contributed by atoms with E-state index in [2.05, 4.69) is 24.4 Å². The molecule has 0 radical (unpaired) electrons. The van der Waals surface area contributed by atoms with Crippen LogP contribution in [0.3, 0.4) is 0 Å². The first-order valence-electron chi connectivity index (χ1n) is 8.58. The van der Waals surface area contributed by atoms with E-state index in [0.717, 1.165) is 36.3 Å². The number of aryl methyl sites for hydroxylation is 1. The molecule has 4 rings (SSSR count). The number of para-hydroxylation sites is 1. The lowest BCUT2D eigenvalue weighted by molar-refractivity contribution is 0.0426. The van der Waals surface area contributed by atoms with Gasteiger partial charge in [-0.25, -0.2) is 0 Å². The van der Waals surface area contributed by atoms with E-state index in [-0.39, 0.29) is 18.2 Å². The Morgan fingerprint density at radius 2 is 1.96 bits per heavy atom. The number of carbonyl (C=O) groups is 1. The van der Waals surface area contributed by atoms with Gasteiger partial charge in [0.1, 0.15) is 6.17 Å². The third kappa shape index (κ3) is 2.67. The zero-order valence-electron chi connectivity index (χ0n) is 13.9. The minimum atomic E-state index is -0.155. The lowest BCUT2D eigenvalue weighted by Gasteiger charge is -2.39. The fourth-order valence-corrected chi connectivity index (χ4v) is 3.63. The number of anilines is 1. The number of nitrogens with zero attached hydrogens (tertiary/aromatic N) is 1. The average Bonchev–Trinajstić information content (AvgIpc) is 3.11. The number of hydrogen-bond donors (Lipinski definition) is 1. The van der Waals surface area contributed by atoms with Crippen LogP contribution in [0.2, 0.25) is 0 Å². The molecule has 1 N–H and O–H groups in total. The Balaban J connectivity index is 1.73. The molecular weight excluding hydrogens is 300 g/mol. The smallest absolute Gasteiger partial charge is 0.257 e. The van der Waals surface area contributed by atoms with Crippen molar-refractivity contribution in [2.24, 2.45) is 0 Å². The summed E-state index contributed by atoms with van der Waals surface area (Å²) in [5, 5.41) is 3.56. The number of carbonyl (C=O) groups excluding carboxylic acids is 1. The van der Waals surface area contributed by atoms with Crippen LogP contribution in [0.1, 0.15) is 40.5 Å². The highest BCUT2D eigenvalue weighted by Crippen LogP contribution is 2.35. The molecule has 2 aromatic rings. The molecule has 1 amide bonds. The summed E-state index contributed by atoms with van der Waals surface area (Å²) in [5.41, 5.74) is 3.96. The van der Waals surface area contributed by atoms with Gasteiger partial charge >= 0.3 is 0 Å². The Bertz CT molecular complexity index is 753. The normalized spacial score (nSPS) is 23.0. The van der Waals surface area contributed by atoms with Crippen molar-refractivity contribution in [3.63, 3.8) is 0 Å². The third-order valence-corrected chi connectivity index (χ3v) is 4.93. The van der Waals surface area contributed by atoms with Crippen LogP contribution < -0.4 is 5.32 Å². The summed E-state index contributed by atoms with van der Waals surface area (Å²) >= 11 is 0. The summed E-state index contributed by atoms with van der Waals surface area (Å²) in [6.45, 7) is 3.51. The summed E-state index contributed by atoms with van der Waals surface area (Å²) in [7, 11) is 0. The molecule has 4 nitrogen and oxygen atoms in total. The Hall–Kier alpha value is -2.33. The second kappa shape index (κ2) is 6.29. The molecule has 1 saturated heterocycles. The fourth-order valence-electron chi connectivity index (χ4n) is 3.63. The Labute approximate surface area is 142 Å². The molecule has 2 heterocycles. The molecule has 2 atom stereocenters. The molecule has 0 saturated carbocycles. The Morgan fingerprint density at radius 3 is 2.75 bits per heavy atom. The molecule has 2 aromatic carbocycles. The minimum absolute atomic E-state index is 0.0769. The van der Waals surface area contributed by atoms with Gasteiger partial charge in [-0.05, 0) is 43.0 Å².